The number of nitrogens with zero attached hydrogens (tertiary/aromatic N) is 7. The van der Waals surface area contributed by atoms with Crippen molar-refractivity contribution in [2.45, 2.75) is 12.6 Å². The highest BCUT2D eigenvalue weighted by Gasteiger charge is 2.34. The molecule has 0 radical (unpaired) electrons. The van der Waals surface area contributed by atoms with Gasteiger partial charge in [0.05, 0.1) is 36.7 Å². The van der Waals surface area contributed by atoms with Crippen molar-refractivity contribution in [1.82, 2.24) is 29.5 Å². The van der Waals surface area contributed by atoms with Crippen molar-refractivity contribution in [2.75, 3.05) is 32.2 Å². The van der Waals surface area contributed by atoms with E-state index in [0.29, 0.717) is 37.3 Å². The molecule has 3 aromatic heterocycles. The fourth-order valence-corrected chi connectivity index (χ4v) is 3.71. The van der Waals surface area contributed by atoms with Crippen LogP contribution < -0.4 is 9.64 Å². The van der Waals surface area contributed by atoms with Crippen molar-refractivity contribution in [3.05, 3.63) is 54.4 Å². The summed E-state index contributed by atoms with van der Waals surface area (Å²) in [4.78, 5) is 6.42. The molecule has 5 rings (SSSR count). The molecule has 1 aliphatic heterocycles. The number of benzene rings is 1. The van der Waals surface area contributed by atoms with Crippen molar-refractivity contribution in [3.8, 4) is 11.6 Å². The van der Waals surface area contributed by atoms with Crippen molar-refractivity contribution < 1.29 is 13.9 Å². The SMILES string of the molecule is COCc1nnc(N2CC(n3ncc4cc(F)ccc43)C2)n1-c1ccc(OC)nc1. The van der Waals surface area contributed by atoms with Crippen molar-refractivity contribution >= 4 is 16.9 Å². The van der Waals surface area contributed by atoms with Gasteiger partial charge in [0.25, 0.3) is 0 Å². The van der Waals surface area contributed by atoms with E-state index in [1.165, 1.54) is 12.1 Å². The lowest BCUT2D eigenvalue weighted by atomic mass is 10.1. The maximum Gasteiger partial charge on any atom is 0.232 e. The summed E-state index contributed by atoms with van der Waals surface area (Å²) in [5.41, 5.74) is 1.74. The minimum Gasteiger partial charge on any atom is -0.481 e. The Bertz CT molecular complexity index is 1180. The summed E-state index contributed by atoms with van der Waals surface area (Å²) in [6.07, 6.45) is 3.42. The zero-order chi connectivity index (χ0) is 20.7. The predicted molar refractivity (Wildman–Crippen MR) is 107 cm³/mol. The molecule has 9 nitrogen and oxygen atoms in total. The first-order valence-corrected chi connectivity index (χ1v) is 9.49. The maximum absolute atomic E-state index is 13.5. The van der Waals surface area contributed by atoms with Gasteiger partial charge in [0.2, 0.25) is 11.8 Å². The molecule has 10 heteroatoms. The molecule has 0 aliphatic carbocycles. The van der Waals surface area contributed by atoms with E-state index in [4.69, 9.17) is 9.47 Å². The molecule has 1 fully saturated rings. The Labute approximate surface area is 171 Å². The van der Waals surface area contributed by atoms with Crippen LogP contribution in [0.5, 0.6) is 5.88 Å². The zero-order valence-corrected chi connectivity index (χ0v) is 16.6. The molecule has 0 atom stereocenters. The normalized spacial score (nSPS) is 14.3. The topological polar surface area (TPSA) is 83.1 Å². The molecule has 1 aliphatic rings. The highest BCUT2D eigenvalue weighted by Crippen LogP contribution is 2.31. The Morgan fingerprint density at radius 3 is 2.70 bits per heavy atom. The summed E-state index contributed by atoms with van der Waals surface area (Å²) in [5, 5.41) is 13.9. The molecule has 4 heterocycles. The number of aromatic nitrogens is 6. The number of anilines is 1. The Morgan fingerprint density at radius 2 is 1.97 bits per heavy atom. The maximum atomic E-state index is 13.5. The second-order valence-corrected chi connectivity index (χ2v) is 7.09. The van der Waals surface area contributed by atoms with Crippen LogP contribution in [-0.2, 0) is 11.3 Å². The van der Waals surface area contributed by atoms with Crippen LogP contribution in [0.1, 0.15) is 11.9 Å². The number of rotatable bonds is 6. The van der Waals surface area contributed by atoms with Gasteiger partial charge in [-0.2, -0.15) is 5.10 Å². The molecule has 154 valence electrons. The predicted octanol–water partition coefficient (Wildman–Crippen LogP) is 2.37. The van der Waals surface area contributed by atoms with E-state index in [2.05, 4.69) is 25.2 Å². The van der Waals surface area contributed by atoms with Crippen molar-refractivity contribution in [1.29, 1.82) is 0 Å². The Balaban J connectivity index is 1.42. The van der Waals surface area contributed by atoms with E-state index in [-0.39, 0.29) is 11.9 Å². The van der Waals surface area contributed by atoms with Crippen LogP contribution in [0.3, 0.4) is 0 Å². The van der Waals surface area contributed by atoms with Gasteiger partial charge in [-0.1, -0.05) is 0 Å². The Hall–Kier alpha value is -3.53. The summed E-state index contributed by atoms with van der Waals surface area (Å²) >= 11 is 0. The van der Waals surface area contributed by atoms with Gasteiger partial charge in [-0.3, -0.25) is 9.25 Å². The van der Waals surface area contributed by atoms with Gasteiger partial charge in [-0.15, -0.1) is 10.2 Å². The summed E-state index contributed by atoms with van der Waals surface area (Å²) in [6, 6.07) is 8.59. The van der Waals surface area contributed by atoms with Gasteiger partial charge in [0.1, 0.15) is 12.4 Å². The fraction of sp³-hybridized carbons (Fsp3) is 0.300. The molecule has 0 spiro atoms. The third-order valence-corrected chi connectivity index (χ3v) is 5.22. The van der Waals surface area contributed by atoms with Gasteiger partial charge in [0, 0.05) is 31.7 Å². The van der Waals surface area contributed by atoms with E-state index in [1.54, 1.807) is 38.7 Å². The van der Waals surface area contributed by atoms with E-state index in [9.17, 15) is 4.39 Å². The number of halogens is 1. The lowest BCUT2D eigenvalue weighted by Gasteiger charge is -2.40. The molecule has 0 N–H and O–H groups in total. The van der Waals surface area contributed by atoms with Crippen LogP contribution in [0.2, 0.25) is 0 Å². The largest absolute Gasteiger partial charge is 0.481 e. The highest BCUT2D eigenvalue weighted by atomic mass is 19.1. The van der Waals surface area contributed by atoms with Crippen LogP contribution in [-0.4, -0.2) is 56.8 Å². The van der Waals surface area contributed by atoms with Crippen LogP contribution in [0, 0.1) is 5.82 Å². The quantitative estimate of drug-likeness (QED) is 0.483. The van der Waals surface area contributed by atoms with Gasteiger partial charge in [-0.05, 0) is 24.3 Å². The van der Waals surface area contributed by atoms with E-state index in [0.717, 1.165) is 16.6 Å². The van der Waals surface area contributed by atoms with E-state index < -0.39 is 0 Å². The number of hydrogen-bond acceptors (Lipinski definition) is 7. The number of ether oxygens (including phenoxy) is 2. The minimum atomic E-state index is -0.260. The average molecular weight is 409 g/mol. The minimum absolute atomic E-state index is 0.165. The van der Waals surface area contributed by atoms with E-state index in [1.807, 2.05) is 15.3 Å². The fourth-order valence-electron chi connectivity index (χ4n) is 3.71. The molecule has 0 saturated carbocycles. The molecular formula is C20H20FN7O2. The second kappa shape index (κ2) is 7.38. The molecule has 0 bridgehead atoms. The molecule has 0 unspecified atom stereocenters. The molecular weight excluding hydrogens is 389 g/mol. The third kappa shape index (κ3) is 3.05. The van der Waals surface area contributed by atoms with Crippen LogP contribution >= 0.6 is 0 Å². The molecule has 30 heavy (non-hydrogen) atoms. The van der Waals surface area contributed by atoms with Gasteiger partial charge < -0.3 is 14.4 Å². The second-order valence-electron chi connectivity index (χ2n) is 7.09. The first-order valence-electron chi connectivity index (χ1n) is 9.49. The number of fused-ring (bicyclic) bond motifs is 1. The van der Waals surface area contributed by atoms with Crippen LogP contribution in [0.25, 0.3) is 16.6 Å². The number of hydrogen-bond donors (Lipinski definition) is 0. The molecule has 0 amide bonds. The van der Waals surface area contributed by atoms with E-state index >= 15 is 0 Å². The molecule has 1 saturated heterocycles. The first-order chi connectivity index (χ1) is 14.7. The Kier molecular flexibility index (Phi) is 4.55. The standard InChI is InChI=1S/C20H20FN7O2/c1-29-12-18-24-25-20(27(18)15-4-6-19(30-2)22-9-15)26-10-16(11-26)28-17-5-3-14(21)7-13(17)8-23-28/h3-9,16H,10-12H2,1-2H3. The third-order valence-electron chi connectivity index (χ3n) is 5.22. The first kappa shape index (κ1) is 18.5. The Morgan fingerprint density at radius 1 is 1.10 bits per heavy atom. The van der Waals surface area contributed by atoms with Gasteiger partial charge in [0.15, 0.2) is 5.82 Å². The smallest absolute Gasteiger partial charge is 0.232 e. The summed E-state index contributed by atoms with van der Waals surface area (Å²) in [5.74, 6) is 1.67. The highest BCUT2D eigenvalue weighted by molar-refractivity contribution is 5.78. The lowest BCUT2D eigenvalue weighted by Crippen LogP contribution is -2.49. The summed E-state index contributed by atoms with van der Waals surface area (Å²) < 4.78 is 27.8. The lowest BCUT2D eigenvalue weighted by molar-refractivity contribution is 0.176. The van der Waals surface area contributed by atoms with Gasteiger partial charge >= 0.3 is 0 Å². The van der Waals surface area contributed by atoms with Crippen LogP contribution in [0.15, 0.2) is 42.7 Å². The summed E-state index contributed by atoms with van der Waals surface area (Å²) in [6.45, 7) is 1.75. The summed E-state index contributed by atoms with van der Waals surface area (Å²) in [7, 11) is 3.20. The zero-order valence-electron chi connectivity index (χ0n) is 16.6. The van der Waals surface area contributed by atoms with Crippen molar-refractivity contribution in [2.24, 2.45) is 0 Å². The average Bonchev–Trinajstić information content (AvgIpc) is 3.32. The van der Waals surface area contributed by atoms with Crippen molar-refractivity contribution in [3.63, 3.8) is 0 Å². The monoisotopic (exact) mass is 409 g/mol. The molecule has 1 aromatic carbocycles. The number of methoxy groups -OCH3 is 2. The number of pyridine rings is 1. The van der Waals surface area contributed by atoms with Gasteiger partial charge in [-0.25, -0.2) is 9.37 Å². The van der Waals surface area contributed by atoms with Crippen LogP contribution in [0.4, 0.5) is 10.3 Å². The molecule has 4 aromatic rings.